The van der Waals surface area contributed by atoms with Gasteiger partial charge in [-0.05, 0) is 31.4 Å². The maximum atomic E-state index is 12.0. The van der Waals surface area contributed by atoms with E-state index in [-0.39, 0.29) is 18.5 Å². The topological polar surface area (TPSA) is 82.8 Å². The van der Waals surface area contributed by atoms with Crippen LogP contribution in [0.2, 0.25) is 0 Å². The van der Waals surface area contributed by atoms with Crippen molar-refractivity contribution in [2.75, 3.05) is 13.1 Å². The van der Waals surface area contributed by atoms with Crippen molar-refractivity contribution < 1.29 is 19.1 Å². The zero-order chi connectivity index (χ0) is 13.7. The Morgan fingerprint density at radius 2 is 2.37 bits per heavy atom. The monoisotopic (exact) mass is 266 g/mol. The molecule has 2 rings (SSSR count). The lowest BCUT2D eigenvalue weighted by molar-refractivity contribution is -0.137. The number of urea groups is 1. The summed E-state index contributed by atoms with van der Waals surface area (Å²) >= 11 is 0. The molecule has 104 valence electrons. The normalized spacial score (nSPS) is 18.5. The number of carbonyl (C=O) groups is 2. The summed E-state index contributed by atoms with van der Waals surface area (Å²) in [5.41, 5.74) is 0. The molecule has 1 fully saturated rings. The predicted octanol–water partition coefficient (Wildman–Crippen LogP) is 1.99. The molecule has 0 bridgehead atoms. The van der Waals surface area contributed by atoms with Gasteiger partial charge >= 0.3 is 12.0 Å². The lowest BCUT2D eigenvalue weighted by Gasteiger charge is -2.23. The van der Waals surface area contributed by atoms with Gasteiger partial charge in [-0.15, -0.1) is 0 Å². The predicted molar refractivity (Wildman–Crippen MR) is 67.7 cm³/mol. The SMILES string of the molecule is O=C(O)CCCNC(=O)N1CCCC1c1ccco1. The minimum Gasteiger partial charge on any atom is -0.481 e. The molecule has 2 heterocycles. The van der Waals surface area contributed by atoms with Crippen molar-refractivity contribution in [1.29, 1.82) is 0 Å². The molecule has 1 aliphatic rings. The van der Waals surface area contributed by atoms with Gasteiger partial charge in [0, 0.05) is 19.5 Å². The van der Waals surface area contributed by atoms with E-state index in [9.17, 15) is 9.59 Å². The lowest BCUT2D eigenvalue weighted by atomic mass is 10.2. The Kier molecular flexibility index (Phi) is 4.43. The van der Waals surface area contributed by atoms with Gasteiger partial charge in [-0.1, -0.05) is 0 Å². The molecule has 1 aromatic rings. The van der Waals surface area contributed by atoms with Crippen molar-refractivity contribution in [2.45, 2.75) is 31.7 Å². The van der Waals surface area contributed by atoms with E-state index < -0.39 is 5.97 Å². The number of carboxylic acid groups (broad SMARTS) is 1. The van der Waals surface area contributed by atoms with Crippen LogP contribution in [0.5, 0.6) is 0 Å². The third kappa shape index (κ3) is 3.49. The molecule has 6 nitrogen and oxygen atoms in total. The number of carbonyl (C=O) groups excluding carboxylic acids is 1. The molecule has 1 aliphatic heterocycles. The number of furan rings is 1. The average molecular weight is 266 g/mol. The molecular weight excluding hydrogens is 248 g/mol. The highest BCUT2D eigenvalue weighted by molar-refractivity contribution is 5.75. The largest absolute Gasteiger partial charge is 0.481 e. The number of nitrogens with one attached hydrogen (secondary N) is 1. The van der Waals surface area contributed by atoms with Gasteiger partial charge in [-0.2, -0.15) is 0 Å². The average Bonchev–Trinajstić information content (AvgIpc) is 3.02. The fourth-order valence-corrected chi connectivity index (χ4v) is 2.32. The Morgan fingerprint density at radius 3 is 3.05 bits per heavy atom. The minimum absolute atomic E-state index is 0.00512. The minimum atomic E-state index is -0.844. The van der Waals surface area contributed by atoms with Gasteiger partial charge in [-0.25, -0.2) is 4.79 Å². The van der Waals surface area contributed by atoms with Crippen LogP contribution in [0.25, 0.3) is 0 Å². The van der Waals surface area contributed by atoms with Gasteiger partial charge in [0.2, 0.25) is 0 Å². The molecule has 0 aliphatic carbocycles. The van der Waals surface area contributed by atoms with Crippen LogP contribution < -0.4 is 5.32 Å². The van der Waals surface area contributed by atoms with Gasteiger partial charge in [0.1, 0.15) is 5.76 Å². The first-order valence-electron chi connectivity index (χ1n) is 6.48. The van der Waals surface area contributed by atoms with Gasteiger partial charge in [0.05, 0.1) is 12.3 Å². The molecule has 1 unspecified atom stereocenters. The Labute approximate surface area is 111 Å². The van der Waals surface area contributed by atoms with E-state index >= 15 is 0 Å². The van der Waals surface area contributed by atoms with E-state index in [0.717, 1.165) is 18.6 Å². The number of amides is 2. The van der Waals surface area contributed by atoms with Crippen molar-refractivity contribution in [3.05, 3.63) is 24.2 Å². The zero-order valence-electron chi connectivity index (χ0n) is 10.7. The summed E-state index contributed by atoms with van der Waals surface area (Å²) in [6.07, 6.45) is 3.97. The van der Waals surface area contributed by atoms with E-state index in [1.54, 1.807) is 11.2 Å². The first-order valence-corrected chi connectivity index (χ1v) is 6.48. The Bertz CT molecular complexity index is 430. The van der Waals surface area contributed by atoms with Gasteiger partial charge < -0.3 is 19.7 Å². The van der Waals surface area contributed by atoms with Crippen LogP contribution in [0.4, 0.5) is 4.79 Å². The third-order valence-corrected chi connectivity index (χ3v) is 3.23. The first kappa shape index (κ1) is 13.5. The number of hydrogen-bond donors (Lipinski definition) is 2. The quantitative estimate of drug-likeness (QED) is 0.798. The van der Waals surface area contributed by atoms with Gasteiger partial charge in [-0.3, -0.25) is 4.79 Å². The summed E-state index contributed by atoms with van der Waals surface area (Å²) in [5, 5.41) is 11.3. The summed E-state index contributed by atoms with van der Waals surface area (Å²) in [6.45, 7) is 1.09. The zero-order valence-corrected chi connectivity index (χ0v) is 10.7. The van der Waals surface area contributed by atoms with Crippen LogP contribution in [-0.2, 0) is 4.79 Å². The van der Waals surface area contributed by atoms with Crippen molar-refractivity contribution in [1.82, 2.24) is 10.2 Å². The lowest BCUT2D eigenvalue weighted by Crippen LogP contribution is -2.39. The van der Waals surface area contributed by atoms with E-state index in [1.807, 2.05) is 12.1 Å². The molecule has 19 heavy (non-hydrogen) atoms. The summed E-state index contributed by atoms with van der Waals surface area (Å²) in [4.78, 5) is 24.1. The molecule has 1 aromatic heterocycles. The van der Waals surface area contributed by atoms with Crippen LogP contribution in [0, 0.1) is 0 Å². The van der Waals surface area contributed by atoms with E-state index in [1.165, 1.54) is 0 Å². The van der Waals surface area contributed by atoms with Crippen molar-refractivity contribution in [2.24, 2.45) is 0 Å². The standard InChI is InChI=1S/C13H18N2O4/c16-12(17)6-1-7-14-13(18)15-8-2-4-10(15)11-5-3-9-19-11/h3,5,9-10H,1-2,4,6-8H2,(H,14,18)(H,16,17). The van der Waals surface area contributed by atoms with Crippen molar-refractivity contribution >= 4 is 12.0 Å². The molecule has 0 aromatic carbocycles. The number of aliphatic carboxylic acids is 1. The van der Waals surface area contributed by atoms with Gasteiger partial charge in [0.15, 0.2) is 0 Å². The summed E-state index contributed by atoms with van der Waals surface area (Å²) < 4.78 is 5.36. The van der Waals surface area contributed by atoms with Crippen molar-refractivity contribution in [3.8, 4) is 0 Å². The highest BCUT2D eigenvalue weighted by Crippen LogP contribution is 2.31. The second-order valence-corrected chi connectivity index (χ2v) is 4.60. The molecule has 2 N–H and O–H groups in total. The van der Waals surface area contributed by atoms with Crippen LogP contribution in [0.15, 0.2) is 22.8 Å². The van der Waals surface area contributed by atoms with E-state index in [2.05, 4.69) is 5.32 Å². The Morgan fingerprint density at radius 1 is 1.53 bits per heavy atom. The molecule has 6 heteroatoms. The smallest absolute Gasteiger partial charge is 0.318 e. The number of nitrogens with zero attached hydrogens (tertiary/aromatic N) is 1. The molecular formula is C13H18N2O4. The molecule has 0 radical (unpaired) electrons. The molecule has 0 saturated carbocycles. The van der Waals surface area contributed by atoms with E-state index in [4.69, 9.17) is 9.52 Å². The maximum Gasteiger partial charge on any atom is 0.318 e. The molecule has 1 atom stereocenters. The third-order valence-electron chi connectivity index (χ3n) is 3.23. The van der Waals surface area contributed by atoms with E-state index in [0.29, 0.717) is 19.5 Å². The number of hydrogen-bond acceptors (Lipinski definition) is 3. The van der Waals surface area contributed by atoms with Crippen LogP contribution in [0.1, 0.15) is 37.5 Å². The van der Waals surface area contributed by atoms with Crippen LogP contribution >= 0.6 is 0 Å². The molecule has 0 spiro atoms. The fraction of sp³-hybridized carbons (Fsp3) is 0.538. The number of carboxylic acids is 1. The molecule has 1 saturated heterocycles. The molecule has 2 amide bonds. The second-order valence-electron chi connectivity index (χ2n) is 4.60. The first-order chi connectivity index (χ1) is 9.18. The van der Waals surface area contributed by atoms with Gasteiger partial charge in [0.25, 0.3) is 0 Å². The summed E-state index contributed by atoms with van der Waals surface area (Å²) in [5.74, 6) is -0.0398. The highest BCUT2D eigenvalue weighted by atomic mass is 16.4. The van der Waals surface area contributed by atoms with Crippen LogP contribution in [0.3, 0.4) is 0 Å². The number of rotatable bonds is 5. The van der Waals surface area contributed by atoms with Crippen LogP contribution in [-0.4, -0.2) is 35.1 Å². The maximum absolute atomic E-state index is 12.0. The summed E-state index contributed by atoms with van der Waals surface area (Å²) in [7, 11) is 0. The highest BCUT2D eigenvalue weighted by Gasteiger charge is 2.31. The van der Waals surface area contributed by atoms with Crippen molar-refractivity contribution in [3.63, 3.8) is 0 Å². The summed E-state index contributed by atoms with van der Waals surface area (Å²) in [6, 6.07) is 3.54. The number of likely N-dealkylation sites (tertiary alicyclic amines) is 1. The fourth-order valence-electron chi connectivity index (χ4n) is 2.32. The Hall–Kier alpha value is -1.98. The second kappa shape index (κ2) is 6.26. The Balaban J connectivity index is 1.83.